The predicted octanol–water partition coefficient (Wildman–Crippen LogP) is 3.30. The van der Waals surface area contributed by atoms with Crippen molar-refractivity contribution >= 4 is 46.2 Å². The van der Waals surface area contributed by atoms with Crippen LogP contribution in [0.25, 0.3) is 5.65 Å². The number of nitrogens with two attached hydrogens (primary N) is 1. The number of nitrogens with one attached hydrogen (secondary N) is 3. The molecule has 6 N–H and O–H groups in total. The normalized spacial score (nSPS) is 12.6. The Labute approximate surface area is 221 Å². The standard InChI is InChI=1S/C22H27N9O.C2HF3O2/c1-3-21(32)28-17-10-16(6-7-18(17)30(2)9-8-23)26-19-11-20(27-15-4-5-15)31-22(29-19)14(12-24)13-25-31;3-2(4,5)1(6)7/h6-7,10-11,13,15,27H,3-5,8-9,23H2,1-2H3,(H,26,29)(H,28,32);(H,6,7). The van der Waals surface area contributed by atoms with E-state index in [1.54, 1.807) is 4.52 Å². The summed E-state index contributed by atoms with van der Waals surface area (Å²) in [4.78, 5) is 27.6. The average molecular weight is 548 g/mol. The summed E-state index contributed by atoms with van der Waals surface area (Å²) in [6.45, 7) is 2.98. The molecule has 0 aliphatic heterocycles. The second-order valence-electron chi connectivity index (χ2n) is 8.62. The summed E-state index contributed by atoms with van der Waals surface area (Å²) in [5.74, 6) is -1.47. The molecule has 2 heterocycles. The van der Waals surface area contributed by atoms with Crippen molar-refractivity contribution in [1.29, 1.82) is 5.26 Å². The van der Waals surface area contributed by atoms with Crippen molar-refractivity contribution in [1.82, 2.24) is 14.6 Å². The van der Waals surface area contributed by atoms with Gasteiger partial charge >= 0.3 is 12.1 Å². The lowest BCUT2D eigenvalue weighted by Crippen LogP contribution is -2.26. The van der Waals surface area contributed by atoms with E-state index in [0.717, 1.165) is 30.0 Å². The van der Waals surface area contributed by atoms with Crippen LogP contribution in [-0.4, -0.2) is 63.9 Å². The zero-order valence-electron chi connectivity index (χ0n) is 21.2. The van der Waals surface area contributed by atoms with Crippen LogP contribution in [-0.2, 0) is 9.59 Å². The largest absolute Gasteiger partial charge is 0.490 e. The van der Waals surface area contributed by atoms with Gasteiger partial charge < -0.3 is 31.7 Å². The molecule has 0 unspecified atom stereocenters. The van der Waals surface area contributed by atoms with Crippen LogP contribution in [0, 0.1) is 11.3 Å². The molecule has 1 saturated carbocycles. The van der Waals surface area contributed by atoms with Crippen LogP contribution in [0.1, 0.15) is 31.7 Å². The number of aromatic nitrogens is 3. The van der Waals surface area contributed by atoms with Crippen molar-refractivity contribution in [2.45, 2.75) is 38.4 Å². The quantitative estimate of drug-likeness (QED) is 0.267. The number of rotatable bonds is 9. The minimum absolute atomic E-state index is 0.0714. The van der Waals surface area contributed by atoms with Gasteiger partial charge in [-0.1, -0.05) is 6.92 Å². The SMILES string of the molecule is CCC(=O)Nc1cc(Nc2cc(NC3CC3)n3ncc(C#N)c3n2)ccc1N(C)CCN.O=C(O)C(F)(F)F. The first-order valence-corrected chi connectivity index (χ1v) is 11.9. The van der Waals surface area contributed by atoms with Crippen LogP contribution in [0.5, 0.6) is 0 Å². The molecule has 2 aromatic heterocycles. The zero-order chi connectivity index (χ0) is 28.7. The molecular weight excluding hydrogens is 519 g/mol. The van der Waals surface area contributed by atoms with Gasteiger partial charge in [-0.3, -0.25) is 4.79 Å². The molecule has 208 valence electrons. The fourth-order valence-corrected chi connectivity index (χ4v) is 3.39. The predicted molar refractivity (Wildman–Crippen MR) is 139 cm³/mol. The van der Waals surface area contributed by atoms with Crippen LogP contribution in [0.15, 0.2) is 30.5 Å². The van der Waals surface area contributed by atoms with Crippen LogP contribution in [0.3, 0.4) is 0 Å². The Bertz CT molecular complexity index is 1380. The van der Waals surface area contributed by atoms with Gasteiger partial charge in [0.25, 0.3) is 0 Å². The van der Waals surface area contributed by atoms with Gasteiger partial charge in [-0.15, -0.1) is 0 Å². The molecule has 39 heavy (non-hydrogen) atoms. The van der Waals surface area contributed by atoms with Crippen LogP contribution in [0.2, 0.25) is 0 Å². The van der Waals surface area contributed by atoms with Crippen molar-refractivity contribution in [3.05, 3.63) is 36.0 Å². The molecule has 0 spiro atoms. The summed E-state index contributed by atoms with van der Waals surface area (Å²) in [6.07, 6.45) is -0.969. The maximum atomic E-state index is 12.1. The molecule has 12 nitrogen and oxygen atoms in total. The van der Waals surface area contributed by atoms with Crippen molar-refractivity contribution < 1.29 is 27.9 Å². The topological polar surface area (TPSA) is 174 Å². The molecular formula is C24H28F3N9O3. The lowest BCUT2D eigenvalue weighted by atomic mass is 10.2. The molecule has 1 aliphatic rings. The molecule has 3 aromatic rings. The Kier molecular flexibility index (Phi) is 9.15. The minimum Gasteiger partial charge on any atom is -0.475 e. The van der Waals surface area contributed by atoms with E-state index in [-0.39, 0.29) is 5.91 Å². The number of benzene rings is 1. The van der Waals surface area contributed by atoms with Gasteiger partial charge in [0.15, 0.2) is 5.65 Å². The Morgan fingerprint density at radius 1 is 1.31 bits per heavy atom. The maximum Gasteiger partial charge on any atom is 0.490 e. The van der Waals surface area contributed by atoms with Gasteiger partial charge in [0.2, 0.25) is 5.91 Å². The number of aliphatic carboxylic acids is 1. The van der Waals surface area contributed by atoms with E-state index in [2.05, 4.69) is 32.1 Å². The molecule has 1 aliphatic carbocycles. The van der Waals surface area contributed by atoms with E-state index in [1.165, 1.54) is 6.20 Å². The zero-order valence-corrected chi connectivity index (χ0v) is 21.2. The van der Waals surface area contributed by atoms with E-state index in [4.69, 9.17) is 15.6 Å². The number of fused-ring (bicyclic) bond motifs is 1. The number of nitriles is 1. The number of carbonyl (C=O) groups is 2. The highest BCUT2D eigenvalue weighted by atomic mass is 19.4. The molecule has 4 rings (SSSR count). The number of carboxylic acid groups (broad SMARTS) is 1. The van der Waals surface area contributed by atoms with Crippen molar-refractivity contribution in [3.8, 4) is 6.07 Å². The van der Waals surface area contributed by atoms with Gasteiger partial charge in [0.1, 0.15) is 23.3 Å². The first-order chi connectivity index (χ1) is 18.5. The third kappa shape index (κ3) is 7.71. The number of halogens is 3. The summed E-state index contributed by atoms with van der Waals surface area (Å²) in [5.41, 5.74) is 8.92. The Morgan fingerprint density at radius 2 is 2.00 bits per heavy atom. The number of alkyl halides is 3. The lowest BCUT2D eigenvalue weighted by Gasteiger charge is -2.23. The van der Waals surface area contributed by atoms with E-state index in [1.807, 2.05) is 43.1 Å². The average Bonchev–Trinajstić information content (AvgIpc) is 3.60. The monoisotopic (exact) mass is 547 g/mol. The van der Waals surface area contributed by atoms with Crippen LogP contribution in [0.4, 0.5) is 41.9 Å². The Balaban J connectivity index is 0.000000532. The Hall–Kier alpha value is -4.58. The third-order valence-electron chi connectivity index (χ3n) is 5.50. The molecule has 1 fully saturated rings. The second-order valence-corrected chi connectivity index (χ2v) is 8.62. The summed E-state index contributed by atoms with van der Waals surface area (Å²) < 4.78 is 33.4. The molecule has 0 atom stereocenters. The van der Waals surface area contributed by atoms with Gasteiger partial charge in [-0.2, -0.15) is 28.0 Å². The summed E-state index contributed by atoms with van der Waals surface area (Å²) in [5, 5.41) is 30.6. The minimum atomic E-state index is -5.08. The summed E-state index contributed by atoms with van der Waals surface area (Å²) >= 11 is 0. The van der Waals surface area contributed by atoms with Gasteiger partial charge in [-0.25, -0.2) is 9.78 Å². The number of amides is 1. The van der Waals surface area contributed by atoms with Gasteiger partial charge in [0.05, 0.1) is 17.6 Å². The first kappa shape index (κ1) is 29.0. The Morgan fingerprint density at radius 3 is 2.56 bits per heavy atom. The molecule has 0 bridgehead atoms. The highest BCUT2D eigenvalue weighted by Gasteiger charge is 2.38. The molecule has 1 aromatic carbocycles. The van der Waals surface area contributed by atoms with Crippen LogP contribution < -0.4 is 26.6 Å². The fourth-order valence-electron chi connectivity index (χ4n) is 3.39. The van der Waals surface area contributed by atoms with E-state index in [9.17, 15) is 23.2 Å². The van der Waals surface area contributed by atoms with Crippen molar-refractivity contribution in [2.75, 3.05) is 41.0 Å². The summed E-state index contributed by atoms with van der Waals surface area (Å²) in [6, 6.07) is 10.2. The lowest BCUT2D eigenvalue weighted by molar-refractivity contribution is -0.192. The maximum absolute atomic E-state index is 12.1. The number of nitrogens with zero attached hydrogens (tertiary/aromatic N) is 5. The van der Waals surface area contributed by atoms with E-state index in [0.29, 0.717) is 48.3 Å². The fraction of sp³-hybridized carbons (Fsp3) is 0.375. The number of anilines is 5. The molecule has 0 saturated heterocycles. The van der Waals surface area contributed by atoms with E-state index < -0.39 is 12.1 Å². The number of carboxylic acids is 1. The first-order valence-electron chi connectivity index (χ1n) is 11.9. The molecule has 0 radical (unpaired) electrons. The number of hydrogen-bond acceptors (Lipinski definition) is 9. The molecule has 1 amide bonds. The number of likely N-dealkylation sites (N-methyl/N-ethyl adjacent to an activating group) is 1. The third-order valence-corrected chi connectivity index (χ3v) is 5.50. The van der Waals surface area contributed by atoms with E-state index >= 15 is 0 Å². The number of carbonyl (C=O) groups excluding carboxylic acids is 1. The van der Waals surface area contributed by atoms with Gasteiger partial charge in [0, 0.05) is 44.4 Å². The second kappa shape index (κ2) is 12.3. The highest BCUT2D eigenvalue weighted by molar-refractivity contribution is 5.95. The summed E-state index contributed by atoms with van der Waals surface area (Å²) in [7, 11) is 1.94. The smallest absolute Gasteiger partial charge is 0.475 e. The molecule has 15 heteroatoms. The highest BCUT2D eigenvalue weighted by Crippen LogP contribution is 2.32. The van der Waals surface area contributed by atoms with Crippen LogP contribution >= 0.6 is 0 Å². The number of hydrogen-bond donors (Lipinski definition) is 5. The van der Waals surface area contributed by atoms with Crippen molar-refractivity contribution in [2.24, 2.45) is 5.73 Å². The van der Waals surface area contributed by atoms with Crippen molar-refractivity contribution in [3.63, 3.8) is 0 Å². The van der Waals surface area contributed by atoms with Gasteiger partial charge in [-0.05, 0) is 31.0 Å².